The summed E-state index contributed by atoms with van der Waals surface area (Å²) in [5, 5.41) is 16.4. The number of aromatic hydroxyl groups is 1. The van der Waals surface area contributed by atoms with Gasteiger partial charge in [0.05, 0.1) is 12.7 Å². The number of benzene rings is 3. The minimum Gasteiger partial charge on any atom is -0.508 e. The number of nitrogens with one attached hydrogen (secondary N) is 2. The number of ketones is 1. The highest BCUT2D eigenvalue weighted by Crippen LogP contribution is 2.47. The van der Waals surface area contributed by atoms with E-state index in [4.69, 9.17) is 9.47 Å². The lowest BCUT2D eigenvalue weighted by Gasteiger charge is -2.37. The first kappa shape index (κ1) is 27.7. The predicted molar refractivity (Wildman–Crippen MR) is 154 cm³/mol. The molecule has 0 radical (unpaired) electrons. The number of allylic oxidation sites excluding steroid dienone is 3. The summed E-state index contributed by atoms with van der Waals surface area (Å²) in [6.07, 6.45) is 0.808. The molecule has 3 aromatic carbocycles. The van der Waals surface area contributed by atoms with Gasteiger partial charge < -0.3 is 25.2 Å². The number of carbonyl (C=O) groups excluding carboxylic acids is 3. The van der Waals surface area contributed by atoms with Crippen LogP contribution in [0.25, 0.3) is 0 Å². The maximum absolute atomic E-state index is 13.9. The summed E-state index contributed by atoms with van der Waals surface area (Å²) >= 11 is 0. The van der Waals surface area contributed by atoms with Crippen LogP contribution in [0.15, 0.2) is 95.3 Å². The Hall–Kier alpha value is -4.85. The number of amides is 1. The van der Waals surface area contributed by atoms with Gasteiger partial charge in [-0.2, -0.15) is 0 Å². The number of phenolic OH excluding ortho intramolecular Hbond substituents is 1. The number of para-hydroxylation sites is 2. The molecule has 3 N–H and O–H groups in total. The number of anilines is 1. The molecule has 0 aromatic heterocycles. The van der Waals surface area contributed by atoms with Crippen molar-refractivity contribution in [2.45, 2.75) is 45.1 Å². The molecule has 0 bridgehead atoms. The highest BCUT2D eigenvalue weighted by molar-refractivity contribution is 6.04. The fourth-order valence-corrected chi connectivity index (χ4v) is 5.75. The number of phenols is 1. The van der Waals surface area contributed by atoms with Gasteiger partial charge in [-0.1, -0.05) is 48.5 Å². The second kappa shape index (κ2) is 11.7. The van der Waals surface area contributed by atoms with Gasteiger partial charge in [0.1, 0.15) is 18.1 Å². The van der Waals surface area contributed by atoms with Crippen LogP contribution in [0.3, 0.4) is 0 Å². The Bertz CT molecular complexity index is 1590. The summed E-state index contributed by atoms with van der Waals surface area (Å²) in [4.78, 5) is 39.2. The summed E-state index contributed by atoms with van der Waals surface area (Å²) in [7, 11) is 1.62. The van der Waals surface area contributed by atoms with E-state index in [1.54, 1.807) is 62.6 Å². The number of dihydropyridines is 1. The summed E-state index contributed by atoms with van der Waals surface area (Å²) in [6, 6.07) is 21.4. The van der Waals surface area contributed by atoms with Crippen molar-refractivity contribution in [2.75, 3.05) is 12.4 Å². The molecule has 0 saturated heterocycles. The molecule has 2 atom stereocenters. The lowest BCUT2D eigenvalue weighted by Crippen LogP contribution is -2.36. The zero-order valence-electron chi connectivity index (χ0n) is 23.2. The maximum atomic E-state index is 13.9. The Labute approximate surface area is 238 Å². The molecule has 2 aliphatic rings. The van der Waals surface area contributed by atoms with Gasteiger partial charge >= 0.3 is 5.97 Å². The monoisotopic (exact) mass is 552 g/mol. The molecule has 0 spiro atoms. The molecule has 0 fully saturated rings. The van der Waals surface area contributed by atoms with Crippen molar-refractivity contribution in [3.05, 3.63) is 112 Å². The number of hydrogen-bond acceptors (Lipinski definition) is 7. The first-order valence-corrected chi connectivity index (χ1v) is 13.4. The second-order valence-electron chi connectivity index (χ2n) is 10.3. The first-order chi connectivity index (χ1) is 19.8. The van der Waals surface area contributed by atoms with Crippen LogP contribution in [-0.2, 0) is 25.7 Å². The first-order valence-electron chi connectivity index (χ1n) is 13.4. The largest absolute Gasteiger partial charge is 0.508 e. The Morgan fingerprint density at radius 2 is 1.78 bits per heavy atom. The molecule has 1 amide bonds. The van der Waals surface area contributed by atoms with Gasteiger partial charge in [-0.3, -0.25) is 9.59 Å². The highest BCUT2D eigenvalue weighted by atomic mass is 16.5. The van der Waals surface area contributed by atoms with E-state index in [2.05, 4.69) is 10.6 Å². The Kier molecular flexibility index (Phi) is 7.92. The lowest BCUT2D eigenvalue weighted by molar-refractivity contribution is -0.140. The fraction of sp³-hybridized carbons (Fsp3) is 0.242. The van der Waals surface area contributed by atoms with Crippen LogP contribution in [0.4, 0.5) is 5.69 Å². The molecule has 3 aromatic rings. The van der Waals surface area contributed by atoms with Crippen molar-refractivity contribution in [1.82, 2.24) is 5.32 Å². The molecule has 5 rings (SSSR count). The third-order valence-corrected chi connectivity index (χ3v) is 7.52. The van der Waals surface area contributed by atoms with Crippen LogP contribution in [0.5, 0.6) is 11.5 Å². The SMILES string of the molecule is COc1ccccc1[C@H]1CC(=O)C2=C(C1)NC(C)=C(C(=O)OCc1ccccc1NC(C)=O)[C@H]2c1cccc(O)c1. The molecule has 8 nitrogen and oxygen atoms in total. The van der Waals surface area contributed by atoms with Crippen molar-refractivity contribution in [2.24, 2.45) is 0 Å². The molecular formula is C33H32N2O6. The molecule has 210 valence electrons. The van der Waals surface area contributed by atoms with E-state index in [-0.39, 0.29) is 36.4 Å². The Balaban J connectivity index is 1.50. The third kappa shape index (κ3) is 5.72. The second-order valence-corrected chi connectivity index (χ2v) is 10.3. The normalized spacial score (nSPS) is 18.4. The quantitative estimate of drug-likeness (QED) is 0.333. The zero-order chi connectivity index (χ0) is 29.1. The molecule has 0 saturated carbocycles. The van der Waals surface area contributed by atoms with Crippen molar-refractivity contribution >= 4 is 23.3 Å². The smallest absolute Gasteiger partial charge is 0.337 e. The van der Waals surface area contributed by atoms with E-state index >= 15 is 0 Å². The van der Waals surface area contributed by atoms with Crippen molar-refractivity contribution < 1.29 is 29.0 Å². The average Bonchev–Trinajstić information content (AvgIpc) is 2.95. The van der Waals surface area contributed by atoms with Crippen LogP contribution in [0.2, 0.25) is 0 Å². The van der Waals surface area contributed by atoms with Gasteiger partial charge in [0.25, 0.3) is 0 Å². The average molecular weight is 553 g/mol. The maximum Gasteiger partial charge on any atom is 0.337 e. The standard InChI is InChI=1S/C33H32N2O6/c1-19-30(33(39)41-18-22-9-4-6-13-26(22)35-20(2)36)31(21-10-8-11-24(37)15-21)32-27(34-19)16-23(17-28(32)38)25-12-5-7-14-29(25)40-3/h4-15,23,31,34,37H,16-18H2,1-3H3,(H,35,36)/t23-,31-/m1/s1. The van der Waals surface area contributed by atoms with E-state index in [1.807, 2.05) is 24.3 Å². The third-order valence-electron chi connectivity index (χ3n) is 7.52. The van der Waals surface area contributed by atoms with E-state index in [9.17, 15) is 19.5 Å². The molecule has 1 aliphatic carbocycles. The number of methoxy groups -OCH3 is 1. The number of rotatable bonds is 7. The van der Waals surface area contributed by atoms with Crippen molar-refractivity contribution in [1.29, 1.82) is 0 Å². The number of Topliss-reactive ketones (excluding diaryl/α,β-unsaturated/α-hetero) is 1. The summed E-state index contributed by atoms with van der Waals surface area (Å²) in [6.45, 7) is 3.13. The minimum atomic E-state index is -0.720. The molecule has 1 aliphatic heterocycles. The predicted octanol–water partition coefficient (Wildman–Crippen LogP) is 5.46. The van der Waals surface area contributed by atoms with Gasteiger partial charge in [0.2, 0.25) is 5.91 Å². The number of hydrogen-bond donors (Lipinski definition) is 3. The lowest BCUT2D eigenvalue weighted by atomic mass is 9.71. The molecule has 0 unspecified atom stereocenters. The van der Waals surface area contributed by atoms with E-state index < -0.39 is 11.9 Å². The van der Waals surface area contributed by atoms with Gasteiger partial charge in [0.15, 0.2) is 5.78 Å². The van der Waals surface area contributed by atoms with Crippen molar-refractivity contribution in [3.63, 3.8) is 0 Å². The molecular weight excluding hydrogens is 520 g/mol. The van der Waals surface area contributed by atoms with E-state index in [1.165, 1.54) is 6.92 Å². The molecule has 1 heterocycles. The van der Waals surface area contributed by atoms with Crippen LogP contribution >= 0.6 is 0 Å². The zero-order valence-corrected chi connectivity index (χ0v) is 23.2. The summed E-state index contributed by atoms with van der Waals surface area (Å²) in [5.41, 5.74) is 4.89. The number of carbonyl (C=O) groups is 3. The van der Waals surface area contributed by atoms with Crippen LogP contribution < -0.4 is 15.4 Å². The highest BCUT2D eigenvalue weighted by Gasteiger charge is 2.42. The van der Waals surface area contributed by atoms with Gasteiger partial charge in [-0.15, -0.1) is 0 Å². The minimum absolute atomic E-state index is 0.0351. The van der Waals surface area contributed by atoms with Crippen LogP contribution in [-0.4, -0.2) is 29.9 Å². The molecule has 8 heteroatoms. The van der Waals surface area contributed by atoms with E-state index in [0.717, 1.165) is 17.0 Å². The van der Waals surface area contributed by atoms with Gasteiger partial charge in [-0.25, -0.2) is 4.79 Å². The number of esters is 1. The van der Waals surface area contributed by atoms with Crippen LogP contribution in [0.1, 0.15) is 55.2 Å². The van der Waals surface area contributed by atoms with Crippen LogP contribution in [0, 0.1) is 0 Å². The fourth-order valence-electron chi connectivity index (χ4n) is 5.75. The summed E-state index contributed by atoms with van der Waals surface area (Å²) < 4.78 is 11.3. The van der Waals surface area contributed by atoms with Gasteiger partial charge in [0, 0.05) is 53.4 Å². The van der Waals surface area contributed by atoms with Crippen molar-refractivity contribution in [3.8, 4) is 11.5 Å². The summed E-state index contributed by atoms with van der Waals surface area (Å²) in [5.74, 6) is -0.962. The Morgan fingerprint density at radius 3 is 2.54 bits per heavy atom. The number of ether oxygens (including phenoxy) is 2. The van der Waals surface area contributed by atoms with E-state index in [0.29, 0.717) is 40.1 Å². The Morgan fingerprint density at radius 1 is 1.02 bits per heavy atom. The molecule has 41 heavy (non-hydrogen) atoms. The topological polar surface area (TPSA) is 114 Å². The van der Waals surface area contributed by atoms with Gasteiger partial charge in [-0.05, 0) is 48.7 Å².